The maximum atomic E-state index is 12.1. The molecule has 2 saturated carbocycles. The van der Waals surface area contributed by atoms with Gasteiger partial charge in [-0.1, -0.05) is 0 Å². The van der Waals surface area contributed by atoms with Crippen molar-refractivity contribution < 1.29 is 4.79 Å². The van der Waals surface area contributed by atoms with Gasteiger partial charge in [-0.3, -0.25) is 9.89 Å². The number of nitrogens with one attached hydrogen (secondary N) is 1. The highest BCUT2D eigenvalue weighted by atomic mass is 16.2. The van der Waals surface area contributed by atoms with E-state index in [4.69, 9.17) is 0 Å². The minimum Gasteiger partial charge on any atom is -0.335 e. The van der Waals surface area contributed by atoms with E-state index in [1.807, 2.05) is 4.90 Å². The van der Waals surface area contributed by atoms with Gasteiger partial charge in [-0.05, 0) is 37.5 Å². The zero-order valence-electron chi connectivity index (χ0n) is 9.22. The summed E-state index contributed by atoms with van der Waals surface area (Å²) in [5.41, 5.74) is 0. The lowest BCUT2D eigenvalue weighted by atomic mass is 10.3. The number of rotatable bonds is 5. The van der Waals surface area contributed by atoms with E-state index < -0.39 is 0 Å². The monoisotopic (exact) mass is 220 g/mol. The minimum absolute atomic E-state index is 0.0105. The first-order valence-electron chi connectivity index (χ1n) is 5.97. The van der Waals surface area contributed by atoms with Crippen LogP contribution in [0, 0.1) is 11.8 Å². The predicted octanol–water partition coefficient (Wildman–Crippen LogP) is 1.07. The molecule has 2 aliphatic carbocycles. The van der Waals surface area contributed by atoms with Crippen molar-refractivity contribution in [2.45, 2.75) is 25.7 Å². The molecule has 0 atom stereocenters. The summed E-state index contributed by atoms with van der Waals surface area (Å²) < 4.78 is 0. The molecule has 1 aromatic rings. The average Bonchev–Trinajstić information content (AvgIpc) is 3.20. The van der Waals surface area contributed by atoms with Gasteiger partial charge in [-0.15, -0.1) is 0 Å². The molecule has 5 nitrogen and oxygen atoms in total. The maximum Gasteiger partial charge on any atom is 0.291 e. The first-order valence-corrected chi connectivity index (χ1v) is 5.97. The average molecular weight is 220 g/mol. The van der Waals surface area contributed by atoms with Crippen LogP contribution in [0.1, 0.15) is 36.3 Å². The molecule has 1 amide bonds. The van der Waals surface area contributed by atoms with E-state index in [0.29, 0.717) is 5.82 Å². The second-order valence-electron chi connectivity index (χ2n) is 4.93. The van der Waals surface area contributed by atoms with Gasteiger partial charge in [0.05, 0.1) is 0 Å². The van der Waals surface area contributed by atoms with Crippen molar-refractivity contribution in [3.05, 3.63) is 12.2 Å². The Morgan fingerprint density at radius 3 is 2.38 bits per heavy atom. The standard InChI is InChI=1S/C11H16N4O/c16-11(10-12-7-13-14-10)15(5-8-1-2-8)6-9-3-4-9/h7-9H,1-6H2,(H,12,13,14). The van der Waals surface area contributed by atoms with Gasteiger partial charge < -0.3 is 4.90 Å². The number of carbonyl (C=O) groups is 1. The van der Waals surface area contributed by atoms with Gasteiger partial charge in [0.1, 0.15) is 6.33 Å². The van der Waals surface area contributed by atoms with Crippen LogP contribution < -0.4 is 0 Å². The van der Waals surface area contributed by atoms with Crippen molar-refractivity contribution in [3.8, 4) is 0 Å². The number of hydrogen-bond acceptors (Lipinski definition) is 3. The van der Waals surface area contributed by atoms with E-state index in [9.17, 15) is 4.79 Å². The van der Waals surface area contributed by atoms with Gasteiger partial charge in [0.2, 0.25) is 5.82 Å². The van der Waals surface area contributed by atoms with E-state index in [-0.39, 0.29) is 5.91 Å². The molecule has 16 heavy (non-hydrogen) atoms. The third-order valence-corrected chi connectivity index (χ3v) is 3.26. The van der Waals surface area contributed by atoms with E-state index in [0.717, 1.165) is 24.9 Å². The maximum absolute atomic E-state index is 12.1. The smallest absolute Gasteiger partial charge is 0.291 e. The zero-order valence-corrected chi connectivity index (χ0v) is 9.22. The second kappa shape index (κ2) is 3.88. The molecule has 0 aromatic carbocycles. The van der Waals surface area contributed by atoms with Crippen LogP contribution in [0.5, 0.6) is 0 Å². The van der Waals surface area contributed by atoms with Crippen molar-refractivity contribution >= 4 is 5.91 Å². The summed E-state index contributed by atoms with van der Waals surface area (Å²) in [5, 5.41) is 6.38. The molecule has 2 fully saturated rings. The lowest BCUT2D eigenvalue weighted by Gasteiger charge is -2.21. The van der Waals surface area contributed by atoms with Crippen LogP contribution in [-0.2, 0) is 0 Å². The number of H-pyrrole nitrogens is 1. The van der Waals surface area contributed by atoms with E-state index in [2.05, 4.69) is 15.2 Å². The molecule has 1 heterocycles. The van der Waals surface area contributed by atoms with Gasteiger partial charge in [0.15, 0.2) is 0 Å². The van der Waals surface area contributed by atoms with Crippen molar-refractivity contribution in [2.24, 2.45) is 11.8 Å². The Morgan fingerprint density at radius 1 is 1.31 bits per heavy atom. The molecule has 86 valence electrons. The van der Waals surface area contributed by atoms with E-state index in [1.165, 1.54) is 32.0 Å². The van der Waals surface area contributed by atoms with Crippen molar-refractivity contribution in [1.29, 1.82) is 0 Å². The summed E-state index contributed by atoms with van der Waals surface area (Å²) in [5.74, 6) is 1.84. The molecule has 0 aliphatic heterocycles. The number of aromatic amines is 1. The second-order valence-corrected chi connectivity index (χ2v) is 4.93. The van der Waals surface area contributed by atoms with Crippen molar-refractivity contribution in [1.82, 2.24) is 20.1 Å². The van der Waals surface area contributed by atoms with Crippen molar-refractivity contribution in [2.75, 3.05) is 13.1 Å². The van der Waals surface area contributed by atoms with Gasteiger partial charge in [-0.25, -0.2) is 4.98 Å². The van der Waals surface area contributed by atoms with Crippen LogP contribution in [-0.4, -0.2) is 39.1 Å². The highest BCUT2D eigenvalue weighted by molar-refractivity contribution is 5.90. The number of aromatic nitrogens is 3. The Bertz CT molecular complexity index is 353. The molecule has 0 bridgehead atoms. The Labute approximate surface area is 94.2 Å². The number of hydrogen-bond donors (Lipinski definition) is 1. The molecular formula is C11H16N4O. The highest BCUT2D eigenvalue weighted by Crippen LogP contribution is 2.34. The normalized spacial score (nSPS) is 19.8. The van der Waals surface area contributed by atoms with Crippen LogP contribution in [0.4, 0.5) is 0 Å². The first kappa shape index (κ1) is 9.81. The number of amides is 1. The van der Waals surface area contributed by atoms with Crippen LogP contribution in [0.3, 0.4) is 0 Å². The molecule has 5 heteroatoms. The third kappa shape index (κ3) is 2.23. The van der Waals surface area contributed by atoms with Crippen molar-refractivity contribution in [3.63, 3.8) is 0 Å². The molecule has 0 radical (unpaired) electrons. The summed E-state index contributed by atoms with van der Waals surface area (Å²) in [7, 11) is 0. The fourth-order valence-electron chi connectivity index (χ4n) is 1.92. The fourth-order valence-corrected chi connectivity index (χ4v) is 1.92. The summed E-state index contributed by atoms with van der Waals surface area (Å²) >= 11 is 0. The van der Waals surface area contributed by atoms with Crippen LogP contribution in [0.25, 0.3) is 0 Å². The molecule has 3 rings (SSSR count). The summed E-state index contributed by atoms with van der Waals surface area (Å²) in [4.78, 5) is 18.0. The number of nitrogens with zero attached hydrogens (tertiary/aromatic N) is 3. The lowest BCUT2D eigenvalue weighted by Crippen LogP contribution is -2.35. The van der Waals surface area contributed by atoms with Crippen LogP contribution in [0.2, 0.25) is 0 Å². The largest absolute Gasteiger partial charge is 0.335 e. The molecule has 0 saturated heterocycles. The predicted molar refractivity (Wildman–Crippen MR) is 57.7 cm³/mol. The minimum atomic E-state index is 0.0105. The number of carbonyl (C=O) groups excluding carboxylic acids is 1. The fraction of sp³-hybridized carbons (Fsp3) is 0.727. The van der Waals surface area contributed by atoms with Gasteiger partial charge in [0.25, 0.3) is 5.91 Å². The summed E-state index contributed by atoms with van der Waals surface area (Å²) in [6.45, 7) is 1.80. The van der Waals surface area contributed by atoms with Crippen LogP contribution in [0.15, 0.2) is 6.33 Å². The quantitative estimate of drug-likeness (QED) is 0.807. The third-order valence-electron chi connectivity index (χ3n) is 3.26. The van der Waals surface area contributed by atoms with Crippen LogP contribution >= 0.6 is 0 Å². The topological polar surface area (TPSA) is 61.9 Å². The zero-order chi connectivity index (χ0) is 11.0. The van der Waals surface area contributed by atoms with E-state index >= 15 is 0 Å². The van der Waals surface area contributed by atoms with Gasteiger partial charge in [-0.2, -0.15) is 5.10 Å². The Morgan fingerprint density at radius 2 is 1.94 bits per heavy atom. The molecular weight excluding hydrogens is 204 g/mol. The van der Waals surface area contributed by atoms with Gasteiger partial charge in [0, 0.05) is 13.1 Å². The first-order chi connectivity index (χ1) is 7.83. The Kier molecular flexibility index (Phi) is 2.38. The summed E-state index contributed by atoms with van der Waals surface area (Å²) in [6.07, 6.45) is 6.46. The molecule has 1 N–H and O–H groups in total. The Balaban J connectivity index is 1.67. The molecule has 0 spiro atoms. The lowest BCUT2D eigenvalue weighted by molar-refractivity contribution is 0.0727. The van der Waals surface area contributed by atoms with E-state index in [1.54, 1.807) is 0 Å². The SMILES string of the molecule is O=C(c1ncn[nH]1)N(CC1CC1)CC1CC1. The Hall–Kier alpha value is -1.39. The molecule has 2 aliphatic rings. The summed E-state index contributed by atoms with van der Waals surface area (Å²) in [6, 6.07) is 0. The van der Waals surface area contributed by atoms with Gasteiger partial charge >= 0.3 is 0 Å². The molecule has 1 aromatic heterocycles. The highest BCUT2D eigenvalue weighted by Gasteiger charge is 2.32. The molecule has 0 unspecified atom stereocenters.